The molecule has 4 nitrogen and oxygen atoms in total. The molecule has 19 heavy (non-hydrogen) atoms. The summed E-state index contributed by atoms with van der Waals surface area (Å²) in [5.41, 5.74) is 1.19. The lowest BCUT2D eigenvalue weighted by atomic mass is 10.1. The SMILES string of the molecule is CC(C)Oc1cc(C(=O)O)cc2c1NC(C(C)C)S2. The highest BCUT2D eigenvalue weighted by atomic mass is 32.2. The Morgan fingerprint density at radius 2 is 2.05 bits per heavy atom. The van der Waals surface area contributed by atoms with Crippen LogP contribution >= 0.6 is 11.8 Å². The summed E-state index contributed by atoms with van der Waals surface area (Å²) in [4.78, 5) is 12.1. The molecular weight excluding hydrogens is 262 g/mol. The summed E-state index contributed by atoms with van der Waals surface area (Å²) < 4.78 is 5.74. The number of aromatic carboxylic acids is 1. The average molecular weight is 281 g/mol. The van der Waals surface area contributed by atoms with Crippen molar-refractivity contribution in [1.82, 2.24) is 0 Å². The third-order valence-corrected chi connectivity index (χ3v) is 4.31. The van der Waals surface area contributed by atoms with E-state index in [4.69, 9.17) is 9.84 Å². The molecule has 0 spiro atoms. The topological polar surface area (TPSA) is 58.6 Å². The van der Waals surface area contributed by atoms with E-state index in [0.29, 0.717) is 11.7 Å². The van der Waals surface area contributed by atoms with Gasteiger partial charge in [-0.1, -0.05) is 25.6 Å². The zero-order chi connectivity index (χ0) is 14.2. The van der Waals surface area contributed by atoms with Gasteiger partial charge in [-0.3, -0.25) is 0 Å². The minimum Gasteiger partial charge on any atom is -0.489 e. The van der Waals surface area contributed by atoms with Crippen LogP contribution in [-0.2, 0) is 0 Å². The van der Waals surface area contributed by atoms with E-state index < -0.39 is 5.97 Å². The summed E-state index contributed by atoms with van der Waals surface area (Å²) in [6, 6.07) is 3.31. The van der Waals surface area contributed by atoms with Crippen molar-refractivity contribution in [3.8, 4) is 5.75 Å². The molecule has 0 bridgehead atoms. The second-order valence-corrected chi connectivity index (χ2v) is 6.43. The number of ether oxygens (including phenoxy) is 1. The van der Waals surface area contributed by atoms with Crippen LogP contribution in [0.4, 0.5) is 5.69 Å². The fourth-order valence-corrected chi connectivity index (χ4v) is 3.10. The molecule has 1 atom stereocenters. The number of benzene rings is 1. The largest absolute Gasteiger partial charge is 0.489 e. The van der Waals surface area contributed by atoms with E-state index in [9.17, 15) is 4.79 Å². The van der Waals surface area contributed by atoms with Crippen molar-refractivity contribution < 1.29 is 14.6 Å². The first-order chi connectivity index (χ1) is 8.88. The van der Waals surface area contributed by atoms with Crippen molar-refractivity contribution in [2.24, 2.45) is 5.92 Å². The molecule has 1 heterocycles. The van der Waals surface area contributed by atoms with E-state index in [-0.39, 0.29) is 17.0 Å². The summed E-state index contributed by atoms with van der Waals surface area (Å²) in [6.45, 7) is 8.14. The van der Waals surface area contributed by atoms with E-state index in [2.05, 4.69) is 19.2 Å². The lowest BCUT2D eigenvalue weighted by molar-refractivity contribution is 0.0696. The van der Waals surface area contributed by atoms with Gasteiger partial charge in [0.05, 0.1) is 22.7 Å². The van der Waals surface area contributed by atoms with Crippen molar-refractivity contribution in [2.75, 3.05) is 5.32 Å². The zero-order valence-electron chi connectivity index (χ0n) is 11.6. The first kappa shape index (κ1) is 14.1. The minimum atomic E-state index is -0.926. The highest BCUT2D eigenvalue weighted by Crippen LogP contribution is 2.47. The number of anilines is 1. The van der Waals surface area contributed by atoms with Gasteiger partial charge < -0.3 is 15.2 Å². The highest BCUT2D eigenvalue weighted by Gasteiger charge is 2.28. The fourth-order valence-electron chi connectivity index (χ4n) is 1.91. The molecular formula is C14H19NO3S. The van der Waals surface area contributed by atoms with Crippen LogP contribution in [0, 0.1) is 5.92 Å². The monoisotopic (exact) mass is 281 g/mol. The Morgan fingerprint density at radius 3 is 2.58 bits per heavy atom. The first-order valence-corrected chi connectivity index (χ1v) is 7.27. The fraction of sp³-hybridized carbons (Fsp3) is 0.500. The third-order valence-electron chi connectivity index (χ3n) is 2.82. The van der Waals surface area contributed by atoms with Crippen LogP contribution in [0.25, 0.3) is 0 Å². The van der Waals surface area contributed by atoms with Gasteiger partial charge in [0.15, 0.2) is 0 Å². The summed E-state index contributed by atoms with van der Waals surface area (Å²) >= 11 is 1.66. The number of hydrogen-bond acceptors (Lipinski definition) is 4. The number of thioether (sulfide) groups is 1. The van der Waals surface area contributed by atoms with Crippen LogP contribution in [0.3, 0.4) is 0 Å². The Balaban J connectivity index is 2.41. The second kappa shape index (κ2) is 5.33. The Kier molecular flexibility index (Phi) is 3.94. The van der Waals surface area contributed by atoms with Crippen LogP contribution in [-0.4, -0.2) is 22.6 Å². The molecule has 0 saturated carbocycles. The molecule has 1 unspecified atom stereocenters. The lowest BCUT2D eigenvalue weighted by Crippen LogP contribution is -2.17. The molecule has 1 aliphatic rings. The Hall–Kier alpha value is -1.36. The zero-order valence-corrected chi connectivity index (χ0v) is 12.4. The summed E-state index contributed by atoms with van der Waals surface area (Å²) in [6.07, 6.45) is 0.0121. The molecule has 0 aromatic heterocycles. The molecule has 2 N–H and O–H groups in total. The Labute approximate surface area is 117 Å². The van der Waals surface area contributed by atoms with E-state index in [1.54, 1.807) is 23.9 Å². The molecule has 0 aliphatic carbocycles. The van der Waals surface area contributed by atoms with Crippen LogP contribution in [0.5, 0.6) is 5.75 Å². The lowest BCUT2D eigenvalue weighted by Gasteiger charge is -2.16. The van der Waals surface area contributed by atoms with Crippen molar-refractivity contribution in [2.45, 2.75) is 44.1 Å². The Bertz CT molecular complexity index is 500. The number of carboxylic acid groups (broad SMARTS) is 1. The highest BCUT2D eigenvalue weighted by molar-refractivity contribution is 8.00. The van der Waals surface area contributed by atoms with Gasteiger partial charge in [0.2, 0.25) is 0 Å². The molecule has 1 aliphatic heterocycles. The minimum absolute atomic E-state index is 0.0121. The van der Waals surface area contributed by atoms with Gasteiger partial charge >= 0.3 is 5.97 Å². The van der Waals surface area contributed by atoms with Gasteiger partial charge in [0, 0.05) is 4.90 Å². The number of carbonyl (C=O) groups is 1. The third kappa shape index (κ3) is 2.97. The van der Waals surface area contributed by atoms with E-state index >= 15 is 0 Å². The van der Waals surface area contributed by atoms with Crippen molar-refractivity contribution >= 4 is 23.4 Å². The van der Waals surface area contributed by atoms with Crippen LogP contribution in [0.1, 0.15) is 38.1 Å². The number of hydrogen-bond donors (Lipinski definition) is 2. The molecule has 2 rings (SSSR count). The van der Waals surface area contributed by atoms with Gasteiger partial charge in [-0.25, -0.2) is 4.79 Å². The van der Waals surface area contributed by atoms with E-state index in [1.165, 1.54) is 0 Å². The molecule has 1 aromatic rings. The summed E-state index contributed by atoms with van der Waals surface area (Å²) in [5, 5.41) is 12.8. The molecule has 104 valence electrons. The Morgan fingerprint density at radius 1 is 1.37 bits per heavy atom. The van der Waals surface area contributed by atoms with Crippen molar-refractivity contribution in [3.05, 3.63) is 17.7 Å². The number of fused-ring (bicyclic) bond motifs is 1. The second-order valence-electron chi connectivity index (χ2n) is 5.25. The molecule has 1 aromatic carbocycles. The smallest absolute Gasteiger partial charge is 0.335 e. The van der Waals surface area contributed by atoms with Gasteiger partial charge in [-0.05, 0) is 31.9 Å². The predicted octanol–water partition coefficient (Wildman–Crippen LogP) is 3.67. The standard InChI is InChI=1S/C14H19NO3S/c1-7(2)13-15-12-10(18-8(3)4)5-9(14(16)17)6-11(12)19-13/h5-8,13,15H,1-4H3,(H,16,17). The van der Waals surface area contributed by atoms with Gasteiger partial charge in [0.25, 0.3) is 0 Å². The predicted molar refractivity (Wildman–Crippen MR) is 77.3 cm³/mol. The molecule has 5 heteroatoms. The summed E-state index contributed by atoms with van der Waals surface area (Å²) in [5.74, 6) is 0.156. The van der Waals surface area contributed by atoms with E-state index in [1.807, 2.05) is 13.8 Å². The normalized spacial score (nSPS) is 17.5. The molecule has 0 radical (unpaired) electrons. The maximum Gasteiger partial charge on any atom is 0.335 e. The maximum absolute atomic E-state index is 11.2. The number of nitrogens with one attached hydrogen (secondary N) is 1. The van der Waals surface area contributed by atoms with Gasteiger partial charge in [-0.2, -0.15) is 0 Å². The quantitative estimate of drug-likeness (QED) is 0.881. The van der Waals surface area contributed by atoms with Gasteiger partial charge in [0.1, 0.15) is 5.75 Å². The van der Waals surface area contributed by atoms with Crippen LogP contribution in [0.2, 0.25) is 0 Å². The summed E-state index contributed by atoms with van der Waals surface area (Å²) in [7, 11) is 0. The number of rotatable bonds is 4. The van der Waals surface area contributed by atoms with Crippen molar-refractivity contribution in [3.63, 3.8) is 0 Å². The van der Waals surface area contributed by atoms with Crippen molar-refractivity contribution in [1.29, 1.82) is 0 Å². The van der Waals surface area contributed by atoms with Crippen LogP contribution in [0.15, 0.2) is 17.0 Å². The number of carboxylic acids is 1. The first-order valence-electron chi connectivity index (χ1n) is 6.39. The molecule has 0 saturated heterocycles. The van der Waals surface area contributed by atoms with Crippen LogP contribution < -0.4 is 10.1 Å². The molecule has 0 fully saturated rings. The average Bonchev–Trinajstić information content (AvgIpc) is 2.72. The van der Waals surface area contributed by atoms with Gasteiger partial charge in [-0.15, -0.1) is 0 Å². The molecule has 0 amide bonds. The maximum atomic E-state index is 11.2. The van der Waals surface area contributed by atoms with E-state index in [0.717, 1.165) is 10.6 Å².